The Morgan fingerprint density at radius 3 is 2.74 bits per heavy atom. The van der Waals surface area contributed by atoms with Crippen LogP contribution in [0.25, 0.3) is 11.4 Å². The van der Waals surface area contributed by atoms with Crippen molar-refractivity contribution < 1.29 is 0 Å². The van der Waals surface area contributed by atoms with Crippen molar-refractivity contribution in [2.75, 3.05) is 6.54 Å². The molecule has 0 bridgehead atoms. The number of nitrogens with zero attached hydrogens (tertiary/aromatic N) is 4. The van der Waals surface area contributed by atoms with Crippen LogP contribution in [0.1, 0.15) is 43.3 Å². The topological polar surface area (TPSA) is 90.6 Å². The van der Waals surface area contributed by atoms with Gasteiger partial charge in [-0.15, -0.1) is 0 Å². The number of aromatic nitrogens is 5. The van der Waals surface area contributed by atoms with Crippen LogP contribution in [0.4, 0.5) is 0 Å². The first-order chi connectivity index (χ1) is 12.9. The van der Waals surface area contributed by atoms with Crippen molar-refractivity contribution in [3.63, 3.8) is 0 Å². The summed E-state index contributed by atoms with van der Waals surface area (Å²) < 4.78 is 0. The average molecular weight is 364 g/mol. The maximum absolute atomic E-state index is 12.7. The quantitative estimate of drug-likeness (QED) is 0.745. The fourth-order valence-electron chi connectivity index (χ4n) is 3.58. The van der Waals surface area contributed by atoms with Gasteiger partial charge in [0.2, 0.25) is 0 Å². The van der Waals surface area contributed by atoms with E-state index in [1.54, 1.807) is 12.4 Å². The molecule has 7 nitrogen and oxygen atoms in total. The first kappa shape index (κ1) is 17.6. The molecule has 1 aliphatic heterocycles. The molecule has 4 rings (SSSR count). The molecule has 0 unspecified atom stereocenters. The van der Waals surface area contributed by atoms with Gasteiger partial charge in [-0.1, -0.05) is 20.8 Å². The number of aromatic amines is 2. The van der Waals surface area contributed by atoms with E-state index in [1.807, 2.05) is 18.3 Å². The molecule has 0 amide bonds. The first-order valence-electron chi connectivity index (χ1n) is 9.19. The maximum atomic E-state index is 12.7. The molecule has 140 valence electrons. The summed E-state index contributed by atoms with van der Waals surface area (Å²) in [4.78, 5) is 26.6. The van der Waals surface area contributed by atoms with Crippen molar-refractivity contribution in [2.45, 2.75) is 45.7 Å². The minimum absolute atomic E-state index is 0.0119. The first-order valence-corrected chi connectivity index (χ1v) is 9.19. The molecule has 1 aliphatic rings. The fraction of sp³-hybridized carbons (Fsp3) is 0.400. The monoisotopic (exact) mass is 364 g/mol. The van der Waals surface area contributed by atoms with Gasteiger partial charge in [-0.05, 0) is 12.1 Å². The largest absolute Gasteiger partial charge is 0.306 e. The van der Waals surface area contributed by atoms with E-state index >= 15 is 0 Å². The van der Waals surface area contributed by atoms with Gasteiger partial charge in [-0.25, -0.2) is 4.98 Å². The van der Waals surface area contributed by atoms with Crippen molar-refractivity contribution in [3.05, 3.63) is 63.6 Å². The highest BCUT2D eigenvalue weighted by Crippen LogP contribution is 2.26. The maximum Gasteiger partial charge on any atom is 0.255 e. The molecule has 0 aliphatic carbocycles. The zero-order valence-electron chi connectivity index (χ0n) is 15.9. The van der Waals surface area contributed by atoms with Crippen LogP contribution < -0.4 is 5.56 Å². The van der Waals surface area contributed by atoms with Crippen molar-refractivity contribution in [1.82, 2.24) is 30.0 Å². The van der Waals surface area contributed by atoms with Crippen molar-refractivity contribution in [2.24, 2.45) is 0 Å². The lowest BCUT2D eigenvalue weighted by molar-refractivity contribution is 0.240. The standard InChI is InChI=1S/C20H24N6O/c1-20(2,3)17-14(10-22-25-17)11-26-9-6-16-15(12-26)19(27)24-18(23-16)13-4-7-21-8-5-13/h4-5,7-8,10H,6,9,11-12H2,1-3H3,(H,22,25)(H,23,24,27). The molecular weight excluding hydrogens is 340 g/mol. The highest BCUT2D eigenvalue weighted by atomic mass is 16.1. The minimum atomic E-state index is -0.0558. The number of hydrogen-bond donors (Lipinski definition) is 2. The van der Waals surface area contributed by atoms with Gasteiger partial charge >= 0.3 is 0 Å². The molecule has 0 atom stereocenters. The van der Waals surface area contributed by atoms with Crippen molar-refractivity contribution >= 4 is 0 Å². The molecule has 0 saturated carbocycles. The number of fused-ring (bicyclic) bond motifs is 1. The van der Waals surface area contributed by atoms with E-state index in [4.69, 9.17) is 4.98 Å². The molecular formula is C20H24N6O. The van der Waals surface area contributed by atoms with E-state index in [0.29, 0.717) is 12.4 Å². The third-order valence-electron chi connectivity index (χ3n) is 4.96. The lowest BCUT2D eigenvalue weighted by Crippen LogP contribution is -2.35. The van der Waals surface area contributed by atoms with Gasteiger partial charge in [0.15, 0.2) is 0 Å². The summed E-state index contributed by atoms with van der Waals surface area (Å²) in [7, 11) is 0. The fourth-order valence-corrected chi connectivity index (χ4v) is 3.58. The summed E-state index contributed by atoms with van der Waals surface area (Å²) in [6, 6.07) is 3.71. The van der Waals surface area contributed by atoms with Crippen molar-refractivity contribution in [1.29, 1.82) is 0 Å². The molecule has 0 saturated heterocycles. The molecule has 3 aromatic heterocycles. The van der Waals surface area contributed by atoms with Gasteiger partial charge in [-0.2, -0.15) is 5.10 Å². The number of H-pyrrole nitrogens is 2. The Kier molecular flexibility index (Phi) is 4.39. The van der Waals surface area contributed by atoms with Gasteiger partial charge < -0.3 is 4.98 Å². The van der Waals surface area contributed by atoms with Crippen LogP contribution in [0.2, 0.25) is 0 Å². The normalized spacial score (nSPS) is 14.9. The van der Waals surface area contributed by atoms with E-state index < -0.39 is 0 Å². The lowest BCUT2D eigenvalue weighted by Gasteiger charge is -2.28. The van der Waals surface area contributed by atoms with E-state index in [0.717, 1.165) is 42.0 Å². The molecule has 0 fully saturated rings. The Balaban J connectivity index is 1.58. The minimum Gasteiger partial charge on any atom is -0.306 e. The second kappa shape index (κ2) is 6.74. The number of pyridine rings is 1. The van der Waals surface area contributed by atoms with Crippen LogP contribution in [-0.2, 0) is 24.9 Å². The van der Waals surface area contributed by atoms with Crippen molar-refractivity contribution in [3.8, 4) is 11.4 Å². The van der Waals surface area contributed by atoms with Crippen LogP contribution in [-0.4, -0.2) is 36.6 Å². The predicted molar refractivity (Wildman–Crippen MR) is 103 cm³/mol. The predicted octanol–water partition coefficient (Wildman–Crippen LogP) is 2.41. The average Bonchev–Trinajstić information content (AvgIpc) is 3.11. The second-order valence-electron chi connectivity index (χ2n) is 8.06. The SMILES string of the molecule is CC(C)(C)c1[nH]ncc1CN1CCc2nc(-c3ccncc3)[nH]c(=O)c2C1. The van der Waals surface area contributed by atoms with Crippen LogP contribution in [0, 0.1) is 0 Å². The molecule has 2 N–H and O–H groups in total. The number of hydrogen-bond acceptors (Lipinski definition) is 5. The summed E-state index contributed by atoms with van der Waals surface area (Å²) in [6.07, 6.45) is 6.06. The molecule has 0 radical (unpaired) electrons. The van der Waals surface area contributed by atoms with E-state index in [2.05, 4.69) is 45.8 Å². The lowest BCUT2D eigenvalue weighted by atomic mass is 9.89. The Morgan fingerprint density at radius 2 is 2.00 bits per heavy atom. The number of nitrogens with one attached hydrogen (secondary N) is 2. The molecule has 0 aromatic carbocycles. The zero-order valence-corrected chi connectivity index (χ0v) is 15.9. The molecule has 27 heavy (non-hydrogen) atoms. The van der Waals surface area contributed by atoms with Crippen LogP contribution >= 0.6 is 0 Å². The Bertz CT molecular complexity index is 999. The highest BCUT2D eigenvalue weighted by molar-refractivity contribution is 5.54. The van der Waals surface area contributed by atoms with Gasteiger partial charge in [-0.3, -0.25) is 19.8 Å². The van der Waals surface area contributed by atoms with Gasteiger partial charge in [0.1, 0.15) is 5.82 Å². The van der Waals surface area contributed by atoms with Gasteiger partial charge in [0.25, 0.3) is 5.56 Å². The van der Waals surface area contributed by atoms with Crippen LogP contribution in [0.5, 0.6) is 0 Å². The Labute approximate surface area is 157 Å². The van der Waals surface area contributed by atoms with E-state index in [1.165, 1.54) is 5.56 Å². The summed E-state index contributed by atoms with van der Waals surface area (Å²) >= 11 is 0. The van der Waals surface area contributed by atoms with E-state index in [9.17, 15) is 4.79 Å². The number of rotatable bonds is 3. The summed E-state index contributed by atoms with van der Waals surface area (Å²) in [5, 5.41) is 7.35. The second-order valence-corrected chi connectivity index (χ2v) is 8.06. The highest BCUT2D eigenvalue weighted by Gasteiger charge is 2.25. The van der Waals surface area contributed by atoms with E-state index in [-0.39, 0.29) is 11.0 Å². The Hall–Kier alpha value is -2.80. The molecule has 4 heterocycles. The van der Waals surface area contributed by atoms with Gasteiger partial charge in [0, 0.05) is 60.7 Å². The third kappa shape index (κ3) is 3.55. The van der Waals surface area contributed by atoms with Crippen LogP contribution in [0.3, 0.4) is 0 Å². The molecule has 0 spiro atoms. The zero-order chi connectivity index (χ0) is 19.0. The van der Waals surface area contributed by atoms with Crippen LogP contribution in [0.15, 0.2) is 35.5 Å². The summed E-state index contributed by atoms with van der Waals surface area (Å²) in [6.45, 7) is 8.76. The third-order valence-corrected chi connectivity index (χ3v) is 4.96. The smallest absolute Gasteiger partial charge is 0.255 e. The summed E-state index contributed by atoms with van der Waals surface area (Å²) in [5.74, 6) is 0.611. The Morgan fingerprint density at radius 1 is 1.22 bits per heavy atom. The molecule has 7 heteroatoms. The summed E-state index contributed by atoms with van der Waals surface area (Å²) in [5.41, 5.74) is 4.82. The molecule has 3 aromatic rings. The van der Waals surface area contributed by atoms with Gasteiger partial charge in [0.05, 0.1) is 17.5 Å².